The van der Waals surface area contributed by atoms with Gasteiger partial charge in [-0.1, -0.05) is 37.7 Å². The van der Waals surface area contributed by atoms with Crippen LogP contribution in [0.25, 0.3) is 10.9 Å². The predicted molar refractivity (Wildman–Crippen MR) is 139 cm³/mol. The summed E-state index contributed by atoms with van der Waals surface area (Å²) in [6.45, 7) is 9.97. The van der Waals surface area contributed by atoms with E-state index in [1.165, 1.54) is 11.8 Å². The molecule has 0 aliphatic heterocycles. The lowest BCUT2D eigenvalue weighted by Gasteiger charge is -2.18. The van der Waals surface area contributed by atoms with E-state index in [4.69, 9.17) is 0 Å². The molecule has 0 spiro atoms. The Morgan fingerprint density at radius 1 is 1.06 bits per heavy atom. The highest BCUT2D eigenvalue weighted by atomic mass is 32.2. The van der Waals surface area contributed by atoms with Gasteiger partial charge >= 0.3 is 0 Å². The molecule has 3 rings (SSSR count). The van der Waals surface area contributed by atoms with E-state index in [-0.39, 0.29) is 23.1 Å². The first-order valence-corrected chi connectivity index (χ1v) is 12.6. The molecule has 2 amide bonds. The van der Waals surface area contributed by atoms with Gasteiger partial charge in [0.1, 0.15) is 0 Å². The lowest BCUT2D eigenvalue weighted by molar-refractivity contribution is -0.113. The van der Waals surface area contributed by atoms with Gasteiger partial charge in [-0.15, -0.1) is 0 Å². The smallest absolute Gasteiger partial charge is 0.262 e. The Balaban J connectivity index is 1.70. The first kappa shape index (κ1) is 25.5. The number of thioether (sulfide) groups is 1. The van der Waals surface area contributed by atoms with E-state index in [2.05, 4.69) is 24.1 Å². The van der Waals surface area contributed by atoms with Crippen molar-refractivity contribution < 1.29 is 9.59 Å². The number of nitrogens with zero attached hydrogens (tertiary/aromatic N) is 3. The summed E-state index contributed by atoms with van der Waals surface area (Å²) in [5.74, 6) is 0.328. The second-order valence-electron chi connectivity index (χ2n) is 8.44. The topological polar surface area (TPSA) is 84.3 Å². The Morgan fingerprint density at radius 3 is 2.38 bits per heavy atom. The Bertz CT molecular complexity index is 1200. The fourth-order valence-electron chi connectivity index (χ4n) is 3.56. The SMILES string of the molecule is CCN(CC)C(=O)c1ccc(NC(=O)CSc2nc3ccccc3c(=O)n2CCC(C)C)cc1. The fraction of sp³-hybridized carbons (Fsp3) is 0.385. The number of anilines is 1. The lowest BCUT2D eigenvalue weighted by atomic mass is 10.1. The summed E-state index contributed by atoms with van der Waals surface area (Å²) in [5.41, 5.74) is 1.75. The van der Waals surface area contributed by atoms with E-state index in [0.29, 0.717) is 52.9 Å². The summed E-state index contributed by atoms with van der Waals surface area (Å²) < 4.78 is 1.67. The maximum Gasteiger partial charge on any atom is 0.262 e. The van der Waals surface area contributed by atoms with E-state index in [0.717, 1.165) is 6.42 Å². The van der Waals surface area contributed by atoms with Gasteiger partial charge in [-0.25, -0.2) is 4.98 Å². The fourth-order valence-corrected chi connectivity index (χ4v) is 4.38. The van der Waals surface area contributed by atoms with Gasteiger partial charge in [-0.05, 0) is 62.6 Å². The average molecular weight is 481 g/mol. The van der Waals surface area contributed by atoms with Gasteiger partial charge in [0.25, 0.3) is 11.5 Å². The second-order valence-corrected chi connectivity index (χ2v) is 9.38. The second kappa shape index (κ2) is 11.8. The maximum absolute atomic E-state index is 13.1. The normalized spacial score (nSPS) is 11.1. The van der Waals surface area contributed by atoms with E-state index < -0.39 is 0 Å². The van der Waals surface area contributed by atoms with E-state index in [9.17, 15) is 14.4 Å². The number of benzene rings is 2. The number of aromatic nitrogens is 2. The van der Waals surface area contributed by atoms with Crippen LogP contribution in [-0.4, -0.2) is 45.1 Å². The molecule has 3 aromatic rings. The third-order valence-electron chi connectivity index (χ3n) is 5.56. The molecule has 0 unspecified atom stereocenters. The number of fused-ring (bicyclic) bond motifs is 1. The molecule has 34 heavy (non-hydrogen) atoms. The number of hydrogen-bond donors (Lipinski definition) is 1. The van der Waals surface area contributed by atoms with E-state index in [1.807, 2.05) is 32.0 Å². The monoisotopic (exact) mass is 480 g/mol. The largest absolute Gasteiger partial charge is 0.339 e. The first-order chi connectivity index (χ1) is 16.3. The predicted octanol–water partition coefficient (Wildman–Crippen LogP) is 4.66. The Labute approximate surface area is 204 Å². The third-order valence-corrected chi connectivity index (χ3v) is 6.53. The molecular weight excluding hydrogens is 448 g/mol. The van der Waals surface area contributed by atoms with Crippen molar-refractivity contribution in [2.45, 2.75) is 45.8 Å². The Morgan fingerprint density at radius 2 is 1.74 bits per heavy atom. The molecule has 0 fully saturated rings. The zero-order chi connectivity index (χ0) is 24.7. The minimum Gasteiger partial charge on any atom is -0.339 e. The van der Waals surface area contributed by atoms with Gasteiger partial charge in [0.05, 0.1) is 16.7 Å². The summed E-state index contributed by atoms with van der Waals surface area (Å²) in [7, 11) is 0. The molecule has 1 aromatic heterocycles. The van der Waals surface area contributed by atoms with Crippen molar-refractivity contribution in [1.29, 1.82) is 0 Å². The molecule has 0 aliphatic rings. The minimum absolute atomic E-state index is 0.0276. The van der Waals surface area contributed by atoms with E-state index >= 15 is 0 Å². The number of rotatable bonds is 10. The molecule has 7 nitrogen and oxygen atoms in total. The van der Waals surface area contributed by atoms with Gasteiger partial charge in [-0.2, -0.15) is 0 Å². The van der Waals surface area contributed by atoms with Crippen molar-refractivity contribution in [2.75, 3.05) is 24.2 Å². The molecule has 0 saturated heterocycles. The van der Waals surface area contributed by atoms with Crippen molar-refractivity contribution >= 4 is 40.2 Å². The number of hydrogen-bond acceptors (Lipinski definition) is 5. The van der Waals surface area contributed by atoms with Crippen molar-refractivity contribution in [1.82, 2.24) is 14.5 Å². The highest BCUT2D eigenvalue weighted by Crippen LogP contribution is 2.20. The zero-order valence-electron chi connectivity index (χ0n) is 20.2. The van der Waals surface area contributed by atoms with Gasteiger partial charge in [0.2, 0.25) is 5.91 Å². The zero-order valence-corrected chi connectivity index (χ0v) is 21.0. The van der Waals surface area contributed by atoms with E-state index in [1.54, 1.807) is 39.8 Å². The van der Waals surface area contributed by atoms with Gasteiger partial charge in [0.15, 0.2) is 5.16 Å². The molecule has 0 radical (unpaired) electrons. The third kappa shape index (κ3) is 6.26. The number of nitrogens with one attached hydrogen (secondary N) is 1. The molecular formula is C26H32N4O3S. The van der Waals surface area contributed by atoms with Crippen molar-refractivity contribution in [2.24, 2.45) is 5.92 Å². The van der Waals surface area contributed by atoms with Crippen LogP contribution >= 0.6 is 11.8 Å². The van der Waals surface area contributed by atoms with Crippen LogP contribution in [0.2, 0.25) is 0 Å². The summed E-state index contributed by atoms with van der Waals surface area (Å²) in [4.78, 5) is 44.5. The first-order valence-electron chi connectivity index (χ1n) is 11.7. The lowest BCUT2D eigenvalue weighted by Crippen LogP contribution is -2.30. The quantitative estimate of drug-likeness (QED) is 0.337. The van der Waals surface area contributed by atoms with Crippen molar-refractivity contribution in [3.8, 4) is 0 Å². The average Bonchev–Trinajstić information content (AvgIpc) is 2.83. The number of carbonyl (C=O) groups is 2. The summed E-state index contributed by atoms with van der Waals surface area (Å²) in [5, 5.41) is 3.98. The minimum atomic E-state index is -0.203. The van der Waals surface area contributed by atoms with Crippen LogP contribution in [0.1, 0.15) is 44.5 Å². The molecule has 0 bridgehead atoms. The van der Waals surface area contributed by atoms with Gasteiger partial charge in [0, 0.05) is 30.9 Å². The van der Waals surface area contributed by atoms with Crippen LogP contribution in [0.5, 0.6) is 0 Å². The van der Waals surface area contributed by atoms with Crippen LogP contribution in [0.4, 0.5) is 5.69 Å². The summed E-state index contributed by atoms with van der Waals surface area (Å²) in [6.07, 6.45) is 0.845. The molecule has 1 heterocycles. The molecule has 0 atom stereocenters. The molecule has 8 heteroatoms. The van der Waals surface area contributed by atoms with Crippen molar-refractivity contribution in [3.63, 3.8) is 0 Å². The maximum atomic E-state index is 13.1. The number of carbonyl (C=O) groups excluding carboxylic acids is 2. The van der Waals surface area contributed by atoms with Crippen LogP contribution in [0.3, 0.4) is 0 Å². The van der Waals surface area contributed by atoms with Crippen LogP contribution in [0.15, 0.2) is 58.5 Å². The van der Waals surface area contributed by atoms with Crippen molar-refractivity contribution in [3.05, 3.63) is 64.4 Å². The Hall–Kier alpha value is -3.13. The molecule has 180 valence electrons. The summed E-state index contributed by atoms with van der Waals surface area (Å²) >= 11 is 1.25. The molecule has 0 saturated carbocycles. The number of para-hydroxylation sites is 1. The highest BCUT2D eigenvalue weighted by molar-refractivity contribution is 7.99. The highest BCUT2D eigenvalue weighted by Gasteiger charge is 2.15. The molecule has 1 N–H and O–H groups in total. The van der Waals surface area contributed by atoms with Crippen LogP contribution in [-0.2, 0) is 11.3 Å². The Kier molecular flexibility index (Phi) is 8.87. The molecule has 2 aromatic carbocycles. The van der Waals surface area contributed by atoms with Crippen LogP contribution < -0.4 is 10.9 Å². The molecule has 0 aliphatic carbocycles. The van der Waals surface area contributed by atoms with Crippen LogP contribution in [0, 0.1) is 5.92 Å². The van der Waals surface area contributed by atoms with Gasteiger partial charge in [-0.3, -0.25) is 19.0 Å². The number of amides is 2. The summed E-state index contributed by atoms with van der Waals surface area (Å²) in [6, 6.07) is 14.2. The standard InChI is InChI=1S/C26H32N4O3S/c1-5-29(6-2)24(32)19-11-13-20(14-12-19)27-23(31)17-34-26-28-22-10-8-7-9-21(22)25(33)30(26)16-15-18(3)4/h7-14,18H,5-6,15-17H2,1-4H3,(H,27,31). The van der Waals surface area contributed by atoms with Gasteiger partial charge < -0.3 is 10.2 Å².